The van der Waals surface area contributed by atoms with E-state index in [4.69, 9.17) is 0 Å². The van der Waals surface area contributed by atoms with Gasteiger partial charge in [-0.25, -0.2) is 9.97 Å². The van der Waals surface area contributed by atoms with E-state index in [0.29, 0.717) is 11.9 Å². The lowest BCUT2D eigenvalue weighted by Gasteiger charge is -2.17. The maximum Gasteiger partial charge on any atom is 0.163 e. The van der Waals surface area contributed by atoms with Gasteiger partial charge in [0.05, 0.1) is 0 Å². The second kappa shape index (κ2) is 7.13. The Morgan fingerprint density at radius 2 is 2.10 bits per heavy atom. The standard InChI is InChI=1S/C16H23N5/c1-12(7-9-21(3)4)18-15-10-13(2)19-16(20-15)14-6-5-8-17-11-14/h5-6,8,10-12H,7,9H2,1-4H3,(H,18,19,20). The van der Waals surface area contributed by atoms with Crippen LogP contribution in [-0.4, -0.2) is 46.5 Å². The average Bonchev–Trinajstić information content (AvgIpc) is 2.45. The van der Waals surface area contributed by atoms with Crippen molar-refractivity contribution in [1.29, 1.82) is 0 Å². The minimum Gasteiger partial charge on any atom is -0.367 e. The first-order valence-corrected chi connectivity index (χ1v) is 7.22. The van der Waals surface area contributed by atoms with Crippen molar-refractivity contribution in [1.82, 2.24) is 19.9 Å². The minimum atomic E-state index is 0.364. The molecular formula is C16H23N5. The molecule has 0 aliphatic rings. The van der Waals surface area contributed by atoms with Crippen LogP contribution in [0, 0.1) is 6.92 Å². The molecule has 5 nitrogen and oxygen atoms in total. The Morgan fingerprint density at radius 3 is 2.76 bits per heavy atom. The molecule has 5 heteroatoms. The third-order valence-electron chi connectivity index (χ3n) is 3.18. The molecule has 2 aromatic rings. The van der Waals surface area contributed by atoms with Crippen molar-refractivity contribution < 1.29 is 0 Å². The van der Waals surface area contributed by atoms with Crippen molar-refractivity contribution >= 4 is 5.82 Å². The summed E-state index contributed by atoms with van der Waals surface area (Å²) in [5.41, 5.74) is 1.89. The van der Waals surface area contributed by atoms with E-state index in [-0.39, 0.29) is 0 Å². The predicted octanol–water partition coefficient (Wildman–Crippen LogP) is 2.60. The van der Waals surface area contributed by atoms with Gasteiger partial charge in [0.2, 0.25) is 0 Å². The smallest absolute Gasteiger partial charge is 0.163 e. The summed E-state index contributed by atoms with van der Waals surface area (Å²) in [6.45, 7) is 5.20. The molecule has 2 aromatic heterocycles. The van der Waals surface area contributed by atoms with Crippen LogP contribution in [0.2, 0.25) is 0 Å². The van der Waals surface area contributed by atoms with Crippen LogP contribution in [0.15, 0.2) is 30.6 Å². The number of nitrogens with zero attached hydrogens (tertiary/aromatic N) is 4. The Morgan fingerprint density at radius 1 is 1.29 bits per heavy atom. The maximum absolute atomic E-state index is 4.60. The summed E-state index contributed by atoms with van der Waals surface area (Å²) in [6.07, 6.45) is 4.61. The topological polar surface area (TPSA) is 53.9 Å². The highest BCUT2D eigenvalue weighted by atomic mass is 15.1. The highest BCUT2D eigenvalue weighted by Crippen LogP contribution is 2.17. The van der Waals surface area contributed by atoms with Gasteiger partial charge >= 0.3 is 0 Å². The van der Waals surface area contributed by atoms with Crippen molar-refractivity contribution in [2.24, 2.45) is 0 Å². The summed E-state index contributed by atoms with van der Waals surface area (Å²) in [7, 11) is 4.17. The van der Waals surface area contributed by atoms with E-state index in [1.807, 2.05) is 25.1 Å². The van der Waals surface area contributed by atoms with Gasteiger partial charge in [0, 0.05) is 35.8 Å². The van der Waals surface area contributed by atoms with Crippen LogP contribution in [0.1, 0.15) is 19.0 Å². The van der Waals surface area contributed by atoms with E-state index in [0.717, 1.165) is 30.0 Å². The number of anilines is 1. The molecule has 112 valence electrons. The summed E-state index contributed by atoms with van der Waals surface area (Å²) in [4.78, 5) is 15.4. The van der Waals surface area contributed by atoms with Gasteiger partial charge in [0.25, 0.3) is 0 Å². The van der Waals surface area contributed by atoms with Crippen molar-refractivity contribution in [3.63, 3.8) is 0 Å². The predicted molar refractivity (Wildman–Crippen MR) is 86.3 cm³/mol. The average molecular weight is 285 g/mol. The second-order valence-electron chi connectivity index (χ2n) is 5.60. The van der Waals surface area contributed by atoms with Crippen molar-refractivity contribution in [3.05, 3.63) is 36.3 Å². The number of nitrogens with one attached hydrogen (secondary N) is 1. The Kier molecular flexibility index (Phi) is 5.22. The number of rotatable bonds is 6. The molecule has 1 unspecified atom stereocenters. The summed E-state index contributed by atoms with van der Waals surface area (Å²) in [5, 5.41) is 3.45. The highest BCUT2D eigenvalue weighted by Gasteiger charge is 2.08. The fraction of sp³-hybridized carbons (Fsp3) is 0.438. The molecular weight excluding hydrogens is 262 g/mol. The van der Waals surface area contributed by atoms with E-state index in [9.17, 15) is 0 Å². The monoisotopic (exact) mass is 285 g/mol. The molecule has 0 saturated heterocycles. The highest BCUT2D eigenvalue weighted by molar-refractivity contribution is 5.56. The molecule has 0 aromatic carbocycles. The molecule has 0 radical (unpaired) electrons. The Hall–Kier alpha value is -2.01. The molecule has 0 bridgehead atoms. The number of hydrogen-bond acceptors (Lipinski definition) is 5. The fourth-order valence-electron chi connectivity index (χ4n) is 2.04. The van der Waals surface area contributed by atoms with Crippen LogP contribution < -0.4 is 5.32 Å². The maximum atomic E-state index is 4.60. The van der Waals surface area contributed by atoms with Gasteiger partial charge in [-0.15, -0.1) is 0 Å². The molecule has 1 N–H and O–H groups in total. The lowest BCUT2D eigenvalue weighted by atomic mass is 10.2. The van der Waals surface area contributed by atoms with Gasteiger partial charge < -0.3 is 10.2 Å². The zero-order chi connectivity index (χ0) is 15.2. The zero-order valence-electron chi connectivity index (χ0n) is 13.2. The number of hydrogen-bond donors (Lipinski definition) is 1. The quantitative estimate of drug-likeness (QED) is 0.884. The Bertz CT molecular complexity index is 568. The van der Waals surface area contributed by atoms with E-state index in [2.05, 4.69) is 46.2 Å². The van der Waals surface area contributed by atoms with Crippen molar-refractivity contribution in [3.8, 4) is 11.4 Å². The van der Waals surface area contributed by atoms with E-state index >= 15 is 0 Å². The van der Waals surface area contributed by atoms with E-state index in [1.165, 1.54) is 0 Å². The van der Waals surface area contributed by atoms with Crippen LogP contribution in [-0.2, 0) is 0 Å². The molecule has 21 heavy (non-hydrogen) atoms. The summed E-state index contributed by atoms with van der Waals surface area (Å²) in [6, 6.07) is 6.21. The van der Waals surface area contributed by atoms with E-state index in [1.54, 1.807) is 12.4 Å². The van der Waals surface area contributed by atoms with Gasteiger partial charge in [0.15, 0.2) is 5.82 Å². The van der Waals surface area contributed by atoms with Crippen LogP contribution in [0.5, 0.6) is 0 Å². The summed E-state index contributed by atoms with van der Waals surface area (Å²) < 4.78 is 0. The lowest BCUT2D eigenvalue weighted by molar-refractivity contribution is 0.390. The molecule has 2 heterocycles. The molecule has 2 rings (SSSR count). The molecule has 0 aliphatic carbocycles. The second-order valence-corrected chi connectivity index (χ2v) is 5.60. The first-order chi connectivity index (χ1) is 10.0. The molecule has 0 fully saturated rings. The Balaban J connectivity index is 2.12. The van der Waals surface area contributed by atoms with Gasteiger partial charge in [-0.05, 0) is 53.0 Å². The number of pyridine rings is 1. The molecule has 1 atom stereocenters. The fourth-order valence-corrected chi connectivity index (χ4v) is 2.04. The third-order valence-corrected chi connectivity index (χ3v) is 3.18. The normalized spacial score (nSPS) is 12.4. The van der Waals surface area contributed by atoms with Gasteiger partial charge in [-0.1, -0.05) is 0 Å². The van der Waals surface area contributed by atoms with Gasteiger partial charge in [0.1, 0.15) is 5.82 Å². The van der Waals surface area contributed by atoms with Gasteiger partial charge in [-0.3, -0.25) is 4.98 Å². The van der Waals surface area contributed by atoms with Crippen LogP contribution in [0.25, 0.3) is 11.4 Å². The number of aromatic nitrogens is 3. The summed E-state index contributed by atoms with van der Waals surface area (Å²) in [5.74, 6) is 1.58. The van der Waals surface area contributed by atoms with Gasteiger partial charge in [-0.2, -0.15) is 0 Å². The lowest BCUT2D eigenvalue weighted by Crippen LogP contribution is -2.23. The van der Waals surface area contributed by atoms with Crippen molar-refractivity contribution in [2.75, 3.05) is 26.0 Å². The molecule has 0 aliphatic heterocycles. The van der Waals surface area contributed by atoms with E-state index < -0.39 is 0 Å². The minimum absolute atomic E-state index is 0.364. The third kappa shape index (κ3) is 4.79. The zero-order valence-corrected chi connectivity index (χ0v) is 13.2. The molecule has 0 saturated carbocycles. The first-order valence-electron chi connectivity index (χ1n) is 7.22. The van der Waals surface area contributed by atoms with Crippen LogP contribution >= 0.6 is 0 Å². The first kappa shape index (κ1) is 15.4. The SMILES string of the molecule is Cc1cc(NC(C)CCN(C)C)nc(-c2cccnc2)n1. The van der Waals surface area contributed by atoms with Crippen LogP contribution in [0.3, 0.4) is 0 Å². The molecule has 0 spiro atoms. The molecule has 0 amide bonds. The van der Waals surface area contributed by atoms with Crippen LogP contribution in [0.4, 0.5) is 5.82 Å². The van der Waals surface area contributed by atoms with Crippen molar-refractivity contribution in [2.45, 2.75) is 26.3 Å². The number of aryl methyl sites for hydroxylation is 1. The largest absolute Gasteiger partial charge is 0.367 e. The summed E-state index contributed by atoms with van der Waals surface area (Å²) >= 11 is 0. The Labute approximate surface area is 126 Å².